The highest BCUT2D eigenvalue weighted by atomic mass is 79.9. The number of halogens is 1. The summed E-state index contributed by atoms with van der Waals surface area (Å²) >= 11 is 3.45. The first-order valence-corrected chi connectivity index (χ1v) is 10.7. The van der Waals surface area contributed by atoms with E-state index in [9.17, 15) is 4.79 Å². The first kappa shape index (κ1) is 21.1. The van der Waals surface area contributed by atoms with Crippen LogP contribution in [-0.4, -0.2) is 28.8 Å². The second kappa shape index (κ2) is 10.8. The second-order valence-electron chi connectivity index (χ2n) is 6.86. The summed E-state index contributed by atoms with van der Waals surface area (Å²) in [5, 5.41) is 7.58. The van der Waals surface area contributed by atoms with Crippen molar-refractivity contribution in [2.75, 3.05) is 13.2 Å². The maximum atomic E-state index is 12.0. The molecule has 3 rings (SSSR count). The Hall–Kier alpha value is -2.60. The molecule has 0 aliphatic rings. The minimum absolute atomic E-state index is 0.0671. The highest BCUT2D eigenvalue weighted by Gasteiger charge is 2.07. The Kier molecular flexibility index (Phi) is 7.87. The third-order valence-electron chi connectivity index (χ3n) is 4.61. The van der Waals surface area contributed by atoms with Crippen molar-refractivity contribution in [3.05, 3.63) is 76.5 Å². The van der Waals surface area contributed by atoms with E-state index in [0.717, 1.165) is 34.4 Å². The molecule has 0 saturated carbocycles. The van der Waals surface area contributed by atoms with E-state index in [4.69, 9.17) is 4.74 Å². The second-order valence-corrected chi connectivity index (χ2v) is 7.71. The smallest absolute Gasteiger partial charge is 0.220 e. The molecule has 3 aromatic rings. The van der Waals surface area contributed by atoms with Crippen LogP contribution in [0.4, 0.5) is 0 Å². The normalized spacial score (nSPS) is 10.7. The van der Waals surface area contributed by atoms with Gasteiger partial charge in [-0.2, -0.15) is 5.10 Å². The highest BCUT2D eigenvalue weighted by Crippen LogP contribution is 2.23. The van der Waals surface area contributed by atoms with E-state index in [1.54, 1.807) is 0 Å². The van der Waals surface area contributed by atoms with E-state index in [1.807, 2.05) is 66.2 Å². The molecule has 152 valence electrons. The number of aryl methyl sites for hydroxylation is 2. The monoisotopic (exact) mass is 455 g/mol. The Morgan fingerprint density at radius 2 is 1.86 bits per heavy atom. The molecule has 0 spiro atoms. The van der Waals surface area contributed by atoms with Crippen LogP contribution < -0.4 is 10.1 Å². The Morgan fingerprint density at radius 1 is 1.10 bits per heavy atom. The van der Waals surface area contributed by atoms with Gasteiger partial charge in [0.1, 0.15) is 5.75 Å². The molecule has 0 bridgehead atoms. The first-order valence-electron chi connectivity index (χ1n) is 9.88. The number of nitrogens with one attached hydrogen (secondary N) is 1. The lowest BCUT2D eigenvalue weighted by atomic mass is 10.1. The van der Waals surface area contributed by atoms with Gasteiger partial charge in [-0.25, -0.2) is 4.68 Å². The van der Waals surface area contributed by atoms with Crippen LogP contribution in [0.5, 0.6) is 5.75 Å². The predicted octanol–water partition coefficient (Wildman–Crippen LogP) is 4.85. The molecular formula is C23H26BrN3O2. The number of nitrogens with zero attached hydrogens (tertiary/aromatic N) is 2. The number of aromatic nitrogens is 2. The Balaban J connectivity index is 1.33. The van der Waals surface area contributed by atoms with Gasteiger partial charge >= 0.3 is 0 Å². The fourth-order valence-electron chi connectivity index (χ4n) is 3.03. The van der Waals surface area contributed by atoms with Gasteiger partial charge in [-0.1, -0.05) is 30.3 Å². The molecule has 2 aromatic carbocycles. The molecule has 0 unspecified atom stereocenters. The summed E-state index contributed by atoms with van der Waals surface area (Å²) in [5.74, 6) is 0.872. The maximum Gasteiger partial charge on any atom is 0.220 e. The molecule has 5 nitrogen and oxygen atoms in total. The zero-order valence-corrected chi connectivity index (χ0v) is 18.2. The van der Waals surface area contributed by atoms with Crippen LogP contribution in [0.2, 0.25) is 0 Å². The van der Waals surface area contributed by atoms with Crippen LogP contribution >= 0.6 is 15.9 Å². The standard InChI is InChI=1S/C23H26BrN3O2/c1-18-19(17-27(26-18)20-10-3-2-4-11-20)9-7-15-25-23(28)14-8-16-29-22-13-6-5-12-21(22)24/h2-6,10-13,17H,7-9,14-16H2,1H3,(H,25,28). The molecule has 0 aliphatic carbocycles. The number of rotatable bonds is 10. The summed E-state index contributed by atoms with van der Waals surface area (Å²) in [5.41, 5.74) is 3.30. The molecule has 1 N–H and O–H groups in total. The van der Waals surface area contributed by atoms with Crippen LogP contribution in [0.25, 0.3) is 5.69 Å². The van der Waals surface area contributed by atoms with E-state index in [2.05, 4.69) is 32.5 Å². The number of hydrogen-bond acceptors (Lipinski definition) is 3. The molecular weight excluding hydrogens is 430 g/mol. The average Bonchev–Trinajstić information content (AvgIpc) is 3.11. The fourth-order valence-corrected chi connectivity index (χ4v) is 3.43. The van der Waals surface area contributed by atoms with Crippen LogP contribution in [0.3, 0.4) is 0 Å². The molecule has 1 aromatic heterocycles. The number of benzene rings is 2. The van der Waals surface area contributed by atoms with Gasteiger partial charge in [-0.3, -0.25) is 4.79 Å². The summed E-state index contributed by atoms with van der Waals surface area (Å²) in [4.78, 5) is 12.0. The number of ether oxygens (including phenoxy) is 1. The van der Waals surface area contributed by atoms with E-state index < -0.39 is 0 Å². The Bertz CT molecular complexity index is 925. The molecule has 0 fully saturated rings. The molecule has 0 radical (unpaired) electrons. The quantitative estimate of drug-likeness (QED) is 0.444. The summed E-state index contributed by atoms with van der Waals surface area (Å²) < 4.78 is 8.52. The molecule has 29 heavy (non-hydrogen) atoms. The van der Waals surface area contributed by atoms with E-state index in [-0.39, 0.29) is 5.91 Å². The van der Waals surface area contributed by atoms with Crippen molar-refractivity contribution in [1.29, 1.82) is 0 Å². The number of carbonyl (C=O) groups is 1. The highest BCUT2D eigenvalue weighted by molar-refractivity contribution is 9.10. The third-order valence-corrected chi connectivity index (χ3v) is 5.26. The van der Waals surface area contributed by atoms with Crippen molar-refractivity contribution in [3.8, 4) is 11.4 Å². The fraction of sp³-hybridized carbons (Fsp3) is 0.304. The summed E-state index contributed by atoms with van der Waals surface area (Å²) in [6.07, 6.45) is 5.02. The van der Waals surface area contributed by atoms with Crippen LogP contribution in [0.15, 0.2) is 65.3 Å². The number of hydrogen-bond donors (Lipinski definition) is 1. The van der Waals surface area contributed by atoms with Crippen molar-refractivity contribution < 1.29 is 9.53 Å². The minimum Gasteiger partial charge on any atom is -0.492 e. The molecule has 0 aliphatic heterocycles. The van der Waals surface area contributed by atoms with Crippen molar-refractivity contribution in [3.63, 3.8) is 0 Å². The Labute approximate surface area is 180 Å². The van der Waals surface area contributed by atoms with E-state index >= 15 is 0 Å². The molecule has 1 heterocycles. The summed E-state index contributed by atoms with van der Waals surface area (Å²) in [6.45, 7) is 3.21. The summed E-state index contributed by atoms with van der Waals surface area (Å²) in [7, 11) is 0. The van der Waals surface area contributed by atoms with Gasteiger partial charge in [0.05, 0.1) is 22.5 Å². The zero-order valence-electron chi connectivity index (χ0n) is 16.6. The van der Waals surface area contributed by atoms with E-state index in [0.29, 0.717) is 26.0 Å². The van der Waals surface area contributed by atoms with Gasteiger partial charge in [0.2, 0.25) is 5.91 Å². The predicted molar refractivity (Wildman–Crippen MR) is 119 cm³/mol. The minimum atomic E-state index is 0.0671. The third kappa shape index (κ3) is 6.46. The lowest BCUT2D eigenvalue weighted by molar-refractivity contribution is -0.121. The van der Waals surface area contributed by atoms with Crippen LogP contribution in [0.1, 0.15) is 30.5 Å². The van der Waals surface area contributed by atoms with Gasteiger partial charge in [-0.05, 0) is 71.9 Å². The van der Waals surface area contributed by atoms with Crippen LogP contribution in [-0.2, 0) is 11.2 Å². The molecule has 0 saturated heterocycles. The van der Waals surface area contributed by atoms with Crippen molar-refractivity contribution in [2.24, 2.45) is 0 Å². The first-order chi connectivity index (χ1) is 14.1. The zero-order chi connectivity index (χ0) is 20.5. The van der Waals surface area contributed by atoms with Crippen molar-refractivity contribution in [1.82, 2.24) is 15.1 Å². The molecule has 1 amide bonds. The van der Waals surface area contributed by atoms with Crippen molar-refractivity contribution >= 4 is 21.8 Å². The number of carbonyl (C=O) groups excluding carboxylic acids is 1. The Morgan fingerprint density at radius 3 is 2.66 bits per heavy atom. The van der Waals surface area contributed by atoms with Gasteiger partial charge in [0.15, 0.2) is 0 Å². The summed E-state index contributed by atoms with van der Waals surface area (Å²) in [6, 6.07) is 17.8. The lowest BCUT2D eigenvalue weighted by Crippen LogP contribution is -2.24. The molecule has 6 heteroatoms. The average molecular weight is 456 g/mol. The SMILES string of the molecule is Cc1nn(-c2ccccc2)cc1CCCNC(=O)CCCOc1ccccc1Br. The van der Waals surface area contributed by atoms with Gasteiger partial charge in [0, 0.05) is 19.2 Å². The molecule has 0 atom stereocenters. The maximum absolute atomic E-state index is 12.0. The number of para-hydroxylation sites is 2. The van der Waals surface area contributed by atoms with E-state index in [1.165, 1.54) is 5.56 Å². The van der Waals surface area contributed by atoms with Crippen molar-refractivity contribution in [2.45, 2.75) is 32.6 Å². The lowest BCUT2D eigenvalue weighted by Gasteiger charge is -2.08. The largest absolute Gasteiger partial charge is 0.492 e. The van der Waals surface area contributed by atoms with Gasteiger partial charge in [-0.15, -0.1) is 0 Å². The number of amides is 1. The van der Waals surface area contributed by atoms with Gasteiger partial charge in [0.25, 0.3) is 0 Å². The topological polar surface area (TPSA) is 56.2 Å². The van der Waals surface area contributed by atoms with Gasteiger partial charge < -0.3 is 10.1 Å². The van der Waals surface area contributed by atoms with Crippen LogP contribution in [0, 0.1) is 6.92 Å².